The van der Waals surface area contributed by atoms with E-state index in [1.54, 1.807) is 6.92 Å². The molecule has 212 valence electrons. The largest absolute Gasteiger partial charge is 0.446 e. The molecule has 0 fully saturated rings. The zero-order chi connectivity index (χ0) is 29.0. The number of methoxy groups -OCH3 is 1. The summed E-state index contributed by atoms with van der Waals surface area (Å²) < 4.78 is 29.4. The molecule has 0 bridgehead atoms. The van der Waals surface area contributed by atoms with Gasteiger partial charge in [0.2, 0.25) is 17.7 Å². The lowest BCUT2D eigenvalue weighted by molar-refractivity contribution is -0.114. The molecule has 9 nitrogen and oxygen atoms in total. The smallest absolute Gasteiger partial charge is 0.261 e. The van der Waals surface area contributed by atoms with Crippen molar-refractivity contribution >= 4 is 25.0 Å². The molecule has 3 aromatic heterocycles. The second-order valence-electron chi connectivity index (χ2n) is 10.8. The Kier molecular flexibility index (Phi) is 8.16. The molecule has 0 aliphatic carbocycles. The van der Waals surface area contributed by atoms with Gasteiger partial charge < -0.3 is 27.2 Å². The summed E-state index contributed by atoms with van der Waals surface area (Å²) in [5, 5.41) is 2.17. The number of carbonyl (C=O) groups excluding carboxylic acids is 1. The van der Waals surface area contributed by atoms with Gasteiger partial charge in [-0.3, -0.25) is 0 Å². The number of nitrogens with zero attached hydrogens (tertiary/aromatic N) is 3. The number of hydrogen-bond donors (Lipinski definition) is 0. The monoisotopic (exact) mass is 571 g/mol. The Morgan fingerprint density at radius 2 is 1.39 bits per heavy atom. The van der Waals surface area contributed by atoms with Gasteiger partial charge in [0.15, 0.2) is 11.4 Å². The summed E-state index contributed by atoms with van der Waals surface area (Å²) in [4.78, 5) is 24.7. The molecule has 0 spiro atoms. The van der Waals surface area contributed by atoms with Gasteiger partial charge in [0.1, 0.15) is 43.5 Å². The van der Waals surface area contributed by atoms with E-state index < -0.39 is 14.4 Å². The normalized spacial score (nSPS) is 13.7. The van der Waals surface area contributed by atoms with E-state index in [9.17, 15) is 4.79 Å². The maximum absolute atomic E-state index is 11.2. The second kappa shape index (κ2) is 11.8. The molecule has 0 saturated carbocycles. The molecule has 2 aromatic carbocycles. The van der Waals surface area contributed by atoms with E-state index in [1.807, 2.05) is 36.4 Å². The summed E-state index contributed by atoms with van der Waals surface area (Å²) in [6, 6.07) is 20.8. The number of carbonyl (C=O) groups is 1. The molecule has 10 heteroatoms. The molecule has 41 heavy (non-hydrogen) atoms. The Bertz CT molecular complexity index is 1530. The predicted molar refractivity (Wildman–Crippen MR) is 155 cm³/mol. The van der Waals surface area contributed by atoms with Crippen LogP contribution in [0.3, 0.4) is 0 Å². The van der Waals surface area contributed by atoms with Crippen LogP contribution in [0.1, 0.15) is 45.4 Å². The average molecular weight is 572 g/mol. The fourth-order valence-corrected chi connectivity index (χ4v) is 9.60. The third-order valence-corrected chi connectivity index (χ3v) is 12.1. The number of aromatic nitrogens is 3. The van der Waals surface area contributed by atoms with Crippen molar-refractivity contribution in [2.75, 3.05) is 7.11 Å². The fraction of sp³-hybridized carbons (Fsp3) is 0.290. The quantitative estimate of drug-likeness (QED) is 0.148. The average Bonchev–Trinajstić information content (AvgIpc) is 3.75. The molecule has 0 N–H and O–H groups in total. The highest BCUT2D eigenvalue weighted by Gasteiger charge is 2.50. The first-order valence-corrected chi connectivity index (χ1v) is 15.3. The minimum atomic E-state index is -2.76. The van der Waals surface area contributed by atoms with Gasteiger partial charge in [-0.25, -0.2) is 15.0 Å². The number of ether oxygens (including phenoxy) is 1. The third kappa shape index (κ3) is 5.58. The summed E-state index contributed by atoms with van der Waals surface area (Å²) in [5.74, 6) is 0.529. The maximum Gasteiger partial charge on any atom is 0.261 e. The molecule has 0 unspecified atom stereocenters. The molecular formula is C31H33N3O6Si. The first-order chi connectivity index (χ1) is 19.8. The Labute approximate surface area is 239 Å². The molecule has 0 saturated heterocycles. The van der Waals surface area contributed by atoms with Crippen LogP contribution in [-0.4, -0.2) is 36.7 Å². The number of hydrogen-bond acceptors (Lipinski definition) is 9. The Balaban J connectivity index is 1.38. The Hall–Kier alpha value is -4.12. The molecule has 0 aliphatic rings. The highest BCUT2D eigenvalue weighted by molar-refractivity contribution is 6.99. The van der Waals surface area contributed by atoms with Crippen molar-refractivity contribution in [3.8, 4) is 23.2 Å². The van der Waals surface area contributed by atoms with Crippen LogP contribution in [0.15, 0.2) is 92.7 Å². The van der Waals surface area contributed by atoms with Crippen molar-refractivity contribution in [2.24, 2.45) is 5.92 Å². The lowest BCUT2D eigenvalue weighted by Crippen LogP contribution is -2.66. The van der Waals surface area contributed by atoms with Gasteiger partial charge >= 0.3 is 0 Å². The number of benzene rings is 2. The van der Waals surface area contributed by atoms with Gasteiger partial charge in [0.05, 0.1) is 0 Å². The topological polar surface area (TPSA) is 114 Å². The van der Waals surface area contributed by atoms with Gasteiger partial charge in [0.25, 0.3) is 8.32 Å². The predicted octanol–water partition coefficient (Wildman–Crippen LogP) is 5.58. The van der Waals surface area contributed by atoms with Crippen LogP contribution in [0.4, 0.5) is 0 Å². The minimum Gasteiger partial charge on any atom is -0.446 e. The molecule has 5 rings (SSSR count). The number of aldehydes is 1. The highest BCUT2D eigenvalue weighted by atomic mass is 28.4. The van der Waals surface area contributed by atoms with Crippen LogP contribution >= 0.6 is 0 Å². The van der Waals surface area contributed by atoms with Crippen molar-refractivity contribution in [1.29, 1.82) is 0 Å². The highest BCUT2D eigenvalue weighted by Crippen LogP contribution is 2.37. The Morgan fingerprint density at radius 1 is 0.829 bits per heavy atom. The van der Waals surface area contributed by atoms with Crippen LogP contribution in [0.25, 0.3) is 23.2 Å². The van der Waals surface area contributed by atoms with Crippen LogP contribution in [0, 0.1) is 5.92 Å². The molecule has 5 aromatic rings. The van der Waals surface area contributed by atoms with E-state index in [4.69, 9.17) is 22.4 Å². The van der Waals surface area contributed by atoms with Gasteiger partial charge in [-0.05, 0) is 15.4 Å². The minimum absolute atomic E-state index is 0.178. The zero-order valence-corrected chi connectivity index (χ0v) is 24.7. The van der Waals surface area contributed by atoms with Crippen molar-refractivity contribution in [2.45, 2.75) is 45.4 Å². The van der Waals surface area contributed by atoms with Crippen molar-refractivity contribution in [3.63, 3.8) is 0 Å². The second-order valence-corrected chi connectivity index (χ2v) is 15.2. The summed E-state index contributed by atoms with van der Waals surface area (Å²) in [7, 11) is -1.23. The van der Waals surface area contributed by atoms with Crippen LogP contribution < -0.4 is 10.4 Å². The van der Waals surface area contributed by atoms with Gasteiger partial charge in [-0.15, -0.1) is 0 Å². The molecule has 0 radical (unpaired) electrons. The molecule has 2 atom stereocenters. The number of oxazole rings is 3. The number of rotatable bonds is 11. The molecule has 3 heterocycles. The first kappa shape index (κ1) is 28.4. The van der Waals surface area contributed by atoms with Crippen LogP contribution in [-0.2, 0) is 20.6 Å². The van der Waals surface area contributed by atoms with Crippen molar-refractivity contribution in [3.05, 3.63) is 91.0 Å². The standard InChI is InChI=1S/C31H33N3O6Si/c1-21(16-35)28(36-5)24-17-38-30(33-24)26-19-39-29(34-26)25-18-37-27(32-25)20-40-41(31(2,3)4,22-12-8-6-9-13-22)23-14-10-7-11-15-23/h6-19,21,28H,20H2,1-5H3/t21-,28-/m0/s1. The maximum atomic E-state index is 11.2. The summed E-state index contributed by atoms with van der Waals surface area (Å²) in [6.45, 7) is 8.59. The molecule has 0 aliphatic heterocycles. The van der Waals surface area contributed by atoms with E-state index in [1.165, 1.54) is 36.3 Å². The SMILES string of the molecule is CO[C@H](c1coc(-c2coc(-c3coc(CO[Si](c4ccccc4)(c4ccccc4)C(C)(C)C)n3)n2)n1)[C@@H](C)C=O. The van der Waals surface area contributed by atoms with E-state index in [-0.39, 0.29) is 29.3 Å². The van der Waals surface area contributed by atoms with E-state index >= 15 is 0 Å². The Morgan fingerprint density at radius 3 is 1.98 bits per heavy atom. The van der Waals surface area contributed by atoms with Crippen molar-refractivity contribution < 1.29 is 27.2 Å². The van der Waals surface area contributed by atoms with Gasteiger partial charge in [-0.1, -0.05) is 88.4 Å². The molecular weight excluding hydrogens is 538 g/mol. The van der Waals surface area contributed by atoms with Crippen molar-refractivity contribution in [1.82, 2.24) is 15.0 Å². The van der Waals surface area contributed by atoms with E-state index in [0.717, 1.165) is 6.29 Å². The van der Waals surface area contributed by atoms with Gasteiger partial charge in [-0.2, -0.15) is 0 Å². The molecule has 0 amide bonds. The fourth-order valence-electron chi connectivity index (χ4n) is 5.11. The van der Waals surface area contributed by atoms with Gasteiger partial charge in [0, 0.05) is 13.0 Å². The summed E-state index contributed by atoms with van der Waals surface area (Å²) >= 11 is 0. The van der Waals surface area contributed by atoms with E-state index in [2.05, 4.69) is 60.0 Å². The zero-order valence-electron chi connectivity index (χ0n) is 23.7. The summed E-state index contributed by atoms with van der Waals surface area (Å²) in [5.41, 5.74) is 1.30. The first-order valence-electron chi connectivity index (χ1n) is 13.4. The third-order valence-electron chi connectivity index (χ3n) is 7.08. The lowest BCUT2D eigenvalue weighted by atomic mass is 10.0. The van der Waals surface area contributed by atoms with E-state index in [0.29, 0.717) is 23.0 Å². The lowest BCUT2D eigenvalue weighted by Gasteiger charge is -2.42. The summed E-state index contributed by atoms with van der Waals surface area (Å²) in [6.07, 6.45) is 4.67. The van der Waals surface area contributed by atoms with Crippen LogP contribution in [0.5, 0.6) is 0 Å². The van der Waals surface area contributed by atoms with Crippen LogP contribution in [0.2, 0.25) is 5.04 Å².